The average molecular weight is 464 g/mol. The maximum atomic E-state index is 13.2. The van der Waals surface area contributed by atoms with Gasteiger partial charge in [-0.2, -0.15) is 0 Å². The van der Waals surface area contributed by atoms with E-state index in [1.54, 1.807) is 6.07 Å². The number of halogens is 1. The van der Waals surface area contributed by atoms with Gasteiger partial charge in [0.05, 0.1) is 37.3 Å². The van der Waals surface area contributed by atoms with Crippen molar-refractivity contribution in [3.8, 4) is 0 Å². The van der Waals surface area contributed by atoms with Crippen LogP contribution in [0, 0.1) is 36.0 Å². The van der Waals surface area contributed by atoms with E-state index in [0.717, 1.165) is 37.9 Å². The minimum atomic E-state index is -0.729. The van der Waals surface area contributed by atoms with Crippen molar-refractivity contribution in [1.29, 1.82) is 0 Å². The molecule has 33 heavy (non-hydrogen) atoms. The number of hydrogen-bond acceptors (Lipinski definition) is 7. The molecular formula is C24H34FN3O5. The lowest BCUT2D eigenvalue weighted by molar-refractivity contribution is -0.157. The van der Waals surface area contributed by atoms with Gasteiger partial charge >= 0.3 is 5.97 Å². The van der Waals surface area contributed by atoms with Gasteiger partial charge in [0.2, 0.25) is 5.91 Å². The molecule has 1 saturated heterocycles. The number of carbonyl (C=O) groups excluding carboxylic acids is 2. The minimum Gasteiger partial charge on any atom is -0.463 e. The van der Waals surface area contributed by atoms with E-state index in [1.807, 2.05) is 11.8 Å². The van der Waals surface area contributed by atoms with Crippen molar-refractivity contribution < 1.29 is 28.0 Å². The van der Waals surface area contributed by atoms with Gasteiger partial charge in [0, 0.05) is 25.7 Å². The molecule has 1 aliphatic heterocycles. The topological polar surface area (TPSA) is 93.9 Å². The molecule has 1 aromatic rings. The molecule has 182 valence electrons. The second-order valence-electron chi connectivity index (χ2n) is 10.2. The molecule has 5 atom stereocenters. The second-order valence-corrected chi connectivity index (χ2v) is 10.2. The molecule has 9 heteroatoms. The van der Waals surface area contributed by atoms with Gasteiger partial charge < -0.3 is 19.3 Å². The van der Waals surface area contributed by atoms with Crippen LogP contribution in [-0.2, 0) is 25.6 Å². The van der Waals surface area contributed by atoms with E-state index in [0.29, 0.717) is 38.5 Å². The number of carbonyl (C=O) groups is 2. The third-order valence-electron chi connectivity index (χ3n) is 8.27. The Bertz CT molecular complexity index is 872. The molecule has 4 aliphatic rings. The number of ether oxygens (including phenoxy) is 2. The Labute approximate surface area is 193 Å². The van der Waals surface area contributed by atoms with Crippen LogP contribution in [0.4, 0.5) is 4.39 Å². The van der Waals surface area contributed by atoms with Crippen LogP contribution < -0.4 is 5.32 Å². The number of aromatic nitrogens is 1. The van der Waals surface area contributed by atoms with Crippen LogP contribution in [-0.4, -0.2) is 67.6 Å². The maximum Gasteiger partial charge on any atom is 0.310 e. The van der Waals surface area contributed by atoms with Crippen molar-refractivity contribution in [2.24, 2.45) is 29.1 Å². The van der Waals surface area contributed by atoms with Crippen LogP contribution in [0.5, 0.6) is 0 Å². The average Bonchev–Trinajstić information content (AvgIpc) is 3.02. The molecule has 1 unspecified atom stereocenters. The molecule has 2 heterocycles. The molecule has 8 nitrogen and oxygen atoms in total. The summed E-state index contributed by atoms with van der Waals surface area (Å²) in [5, 5.41) is 6.82. The van der Waals surface area contributed by atoms with Crippen molar-refractivity contribution >= 4 is 11.9 Å². The zero-order valence-electron chi connectivity index (χ0n) is 19.3. The summed E-state index contributed by atoms with van der Waals surface area (Å²) in [7, 11) is 0. The van der Waals surface area contributed by atoms with Crippen LogP contribution in [0.2, 0.25) is 0 Å². The molecule has 0 aromatic carbocycles. The van der Waals surface area contributed by atoms with Gasteiger partial charge in [-0.1, -0.05) is 5.16 Å². The highest BCUT2D eigenvalue weighted by Gasteiger charge is 2.71. The van der Waals surface area contributed by atoms with Gasteiger partial charge in [-0.05, 0) is 56.3 Å². The van der Waals surface area contributed by atoms with Crippen LogP contribution in [0.25, 0.3) is 0 Å². The van der Waals surface area contributed by atoms with E-state index in [1.165, 1.54) is 0 Å². The number of nitrogens with one attached hydrogen (secondary N) is 1. The van der Waals surface area contributed by atoms with Gasteiger partial charge in [0.25, 0.3) is 0 Å². The molecule has 3 aliphatic carbocycles. The van der Waals surface area contributed by atoms with Gasteiger partial charge in [-0.3, -0.25) is 14.5 Å². The normalized spacial score (nSPS) is 31.9. The fourth-order valence-corrected chi connectivity index (χ4v) is 6.70. The fraction of sp³-hybridized carbons (Fsp3) is 0.792. The van der Waals surface area contributed by atoms with Gasteiger partial charge in [0.15, 0.2) is 5.76 Å². The van der Waals surface area contributed by atoms with E-state index in [2.05, 4.69) is 10.5 Å². The number of esters is 1. The maximum absolute atomic E-state index is 13.2. The number of rotatable bonds is 10. The molecule has 0 radical (unpaired) electrons. The summed E-state index contributed by atoms with van der Waals surface area (Å²) in [6.07, 6.45) is 4.08. The molecule has 4 fully saturated rings. The highest BCUT2D eigenvalue weighted by Crippen LogP contribution is 2.74. The molecule has 1 amide bonds. The van der Waals surface area contributed by atoms with Gasteiger partial charge in [-0.25, -0.2) is 4.39 Å². The first-order chi connectivity index (χ1) is 16.0. The lowest BCUT2D eigenvalue weighted by Crippen LogP contribution is -2.41. The largest absolute Gasteiger partial charge is 0.463 e. The third kappa shape index (κ3) is 4.54. The zero-order chi connectivity index (χ0) is 23.0. The number of nitrogens with zero attached hydrogens (tertiary/aromatic N) is 2. The van der Waals surface area contributed by atoms with E-state index in [-0.39, 0.29) is 54.1 Å². The van der Waals surface area contributed by atoms with Crippen molar-refractivity contribution in [3.63, 3.8) is 0 Å². The number of likely N-dealkylation sites (tertiary alicyclic amines) is 1. The summed E-state index contributed by atoms with van der Waals surface area (Å²) in [6, 6.07) is 1.80. The molecule has 5 rings (SSSR count). The predicted molar refractivity (Wildman–Crippen MR) is 116 cm³/mol. The monoisotopic (exact) mass is 463 g/mol. The first-order valence-corrected chi connectivity index (χ1v) is 12.3. The Morgan fingerprint density at radius 3 is 2.67 bits per heavy atom. The molecule has 1 spiro atoms. The van der Waals surface area contributed by atoms with Crippen molar-refractivity contribution in [1.82, 2.24) is 15.4 Å². The summed E-state index contributed by atoms with van der Waals surface area (Å²) in [4.78, 5) is 28.3. The minimum absolute atomic E-state index is 0.0856. The summed E-state index contributed by atoms with van der Waals surface area (Å²) in [5.41, 5.74) is 0.932. The van der Waals surface area contributed by atoms with Crippen molar-refractivity contribution in [2.45, 2.75) is 51.7 Å². The molecule has 1 aromatic heterocycles. The van der Waals surface area contributed by atoms with Crippen LogP contribution in [0.1, 0.15) is 43.6 Å². The Balaban J connectivity index is 1.11. The summed E-state index contributed by atoms with van der Waals surface area (Å²) in [5.74, 6) is 0.0271. The lowest BCUT2D eigenvalue weighted by Gasteiger charge is -2.28. The van der Waals surface area contributed by atoms with Crippen molar-refractivity contribution in [3.05, 3.63) is 17.5 Å². The zero-order valence-corrected chi connectivity index (χ0v) is 19.3. The van der Waals surface area contributed by atoms with E-state index in [4.69, 9.17) is 14.0 Å². The summed E-state index contributed by atoms with van der Waals surface area (Å²) in [6.45, 7) is 5.03. The number of hydrogen-bond donors (Lipinski definition) is 1. The summed E-state index contributed by atoms with van der Waals surface area (Å²) < 4.78 is 29.6. The summed E-state index contributed by atoms with van der Waals surface area (Å²) >= 11 is 0. The van der Waals surface area contributed by atoms with Crippen LogP contribution in [0.15, 0.2) is 10.6 Å². The molecule has 3 saturated carbocycles. The Kier molecular flexibility index (Phi) is 6.44. The first-order valence-electron chi connectivity index (χ1n) is 12.3. The van der Waals surface area contributed by atoms with E-state index < -0.39 is 6.17 Å². The van der Waals surface area contributed by atoms with Crippen LogP contribution in [0.3, 0.4) is 0 Å². The Hall–Kier alpha value is -2.00. The Morgan fingerprint density at radius 1 is 1.21 bits per heavy atom. The number of alkyl halides is 1. The fourth-order valence-electron chi connectivity index (χ4n) is 6.70. The van der Waals surface area contributed by atoms with Gasteiger partial charge in [-0.15, -0.1) is 0 Å². The molecular weight excluding hydrogens is 429 g/mol. The van der Waals surface area contributed by atoms with Crippen LogP contribution >= 0.6 is 0 Å². The van der Waals surface area contributed by atoms with Crippen molar-refractivity contribution in [2.75, 3.05) is 39.5 Å². The standard InChI is InChI=1S/C24H34FN3O5/c1-15-12-17(33-27-15)13-26-22(29)20-18-2-3-19(24(18)5-6-24)21(20)23(30)32-11-10-31-9-8-28-7-4-16(25)14-28/h12,16,18-21H,2-11,13-14H2,1H3,(H,26,29)/t16?,18-,19+,20+,21+/m0/s1. The number of aryl methyl sites for hydroxylation is 1. The predicted octanol–water partition coefficient (Wildman–Crippen LogP) is 2.26. The molecule has 1 N–H and O–H groups in total. The number of amides is 1. The Morgan fingerprint density at radius 2 is 2.00 bits per heavy atom. The smallest absolute Gasteiger partial charge is 0.310 e. The third-order valence-corrected chi connectivity index (χ3v) is 8.27. The highest BCUT2D eigenvalue weighted by atomic mass is 19.1. The quantitative estimate of drug-likeness (QED) is 0.420. The van der Waals surface area contributed by atoms with E-state index >= 15 is 0 Å². The molecule has 2 bridgehead atoms. The highest BCUT2D eigenvalue weighted by molar-refractivity contribution is 5.87. The van der Waals surface area contributed by atoms with Gasteiger partial charge in [0.1, 0.15) is 12.8 Å². The SMILES string of the molecule is Cc1cc(CNC(=O)[C@H]2[C@H](C(=O)OCCOCCN3CCC(F)C3)[C@H]3CC[C@@H]2C32CC2)on1. The first kappa shape index (κ1) is 22.8. The van der Waals surface area contributed by atoms with E-state index in [9.17, 15) is 14.0 Å². The second kappa shape index (κ2) is 9.33. The lowest BCUT2D eigenvalue weighted by atomic mass is 9.78.